The predicted molar refractivity (Wildman–Crippen MR) is 47.7 cm³/mol. The molecular weight excluding hydrogens is 194 g/mol. The minimum Gasteiger partial charge on any atom is -0.396 e. The number of rotatable bonds is 4. The van der Waals surface area contributed by atoms with Gasteiger partial charge >= 0.3 is 0 Å². The summed E-state index contributed by atoms with van der Waals surface area (Å²) in [5.41, 5.74) is 1.00. The number of oxime groups is 1. The van der Waals surface area contributed by atoms with Crippen LogP contribution < -0.4 is 0 Å². The van der Waals surface area contributed by atoms with Gasteiger partial charge in [-0.05, 0) is 20.3 Å². The number of halogens is 1. The van der Waals surface area contributed by atoms with Gasteiger partial charge in [0.05, 0.1) is 10.5 Å². The van der Waals surface area contributed by atoms with E-state index in [1.54, 1.807) is 0 Å². The van der Waals surface area contributed by atoms with Crippen molar-refractivity contribution in [2.24, 2.45) is 5.16 Å². The fourth-order valence-electron chi connectivity index (χ4n) is 0.519. The first-order valence-corrected chi connectivity index (χ1v) is 4.44. The summed E-state index contributed by atoms with van der Waals surface area (Å²) in [6.07, 6.45) is 1.04. The van der Waals surface area contributed by atoms with Crippen LogP contribution in [-0.2, 0) is 4.84 Å². The lowest BCUT2D eigenvalue weighted by Gasteiger charge is -2.04. The Bertz CT molecular complexity index is 114. The van der Waals surface area contributed by atoms with Gasteiger partial charge in [-0.15, -0.1) is 0 Å². The van der Waals surface area contributed by atoms with E-state index in [1.807, 2.05) is 13.8 Å². The van der Waals surface area contributed by atoms with Gasteiger partial charge < -0.3 is 4.84 Å². The molecule has 0 rings (SSSR count). The highest BCUT2D eigenvalue weighted by atomic mass is 79.9. The molecule has 3 heteroatoms. The zero-order valence-corrected chi connectivity index (χ0v) is 8.31. The Kier molecular flexibility index (Phi) is 5.69. The van der Waals surface area contributed by atoms with E-state index in [1.165, 1.54) is 0 Å². The van der Waals surface area contributed by atoms with Crippen molar-refractivity contribution in [2.75, 3.05) is 6.61 Å². The molecule has 0 aliphatic rings. The van der Waals surface area contributed by atoms with E-state index in [4.69, 9.17) is 4.84 Å². The summed E-state index contributed by atoms with van der Waals surface area (Å²) in [6.45, 7) is 6.62. The van der Waals surface area contributed by atoms with Crippen molar-refractivity contribution < 1.29 is 4.84 Å². The van der Waals surface area contributed by atoms with Gasteiger partial charge in [-0.25, -0.2) is 0 Å². The molecule has 0 aromatic rings. The second-order valence-electron chi connectivity index (χ2n) is 2.03. The third-order valence-corrected chi connectivity index (χ3v) is 2.46. The van der Waals surface area contributed by atoms with Gasteiger partial charge in [0.25, 0.3) is 0 Å². The fraction of sp³-hybridized carbons (Fsp3) is 0.857. The van der Waals surface area contributed by atoms with Crippen LogP contribution in [0.3, 0.4) is 0 Å². The van der Waals surface area contributed by atoms with E-state index in [9.17, 15) is 0 Å². The molecule has 0 aliphatic heterocycles. The second-order valence-corrected chi connectivity index (χ2v) is 3.13. The quantitative estimate of drug-likeness (QED) is 0.395. The van der Waals surface area contributed by atoms with Crippen LogP contribution in [0.15, 0.2) is 5.16 Å². The highest BCUT2D eigenvalue weighted by Gasteiger charge is 2.03. The van der Waals surface area contributed by atoms with Crippen LogP contribution in [0.25, 0.3) is 0 Å². The summed E-state index contributed by atoms with van der Waals surface area (Å²) in [6, 6.07) is 0. The molecule has 0 saturated heterocycles. The van der Waals surface area contributed by atoms with Crippen molar-refractivity contribution in [2.45, 2.75) is 32.0 Å². The molecule has 0 radical (unpaired) electrons. The molecule has 0 saturated carbocycles. The standard InChI is InChI=1S/C7H14BrNO/c1-4-7(8)6(3)9-10-5-2/h7H,4-5H2,1-3H3/b9-6+. The Morgan fingerprint density at radius 3 is 2.60 bits per heavy atom. The maximum absolute atomic E-state index is 4.88. The zero-order chi connectivity index (χ0) is 7.98. The molecule has 10 heavy (non-hydrogen) atoms. The van der Waals surface area contributed by atoms with Crippen LogP contribution in [0.1, 0.15) is 27.2 Å². The summed E-state index contributed by atoms with van der Waals surface area (Å²) in [5.74, 6) is 0. The molecule has 0 spiro atoms. The van der Waals surface area contributed by atoms with Crippen LogP contribution in [0.4, 0.5) is 0 Å². The monoisotopic (exact) mass is 207 g/mol. The fourth-order valence-corrected chi connectivity index (χ4v) is 0.603. The van der Waals surface area contributed by atoms with Gasteiger partial charge in [-0.3, -0.25) is 0 Å². The van der Waals surface area contributed by atoms with Crippen LogP contribution in [0, 0.1) is 0 Å². The summed E-state index contributed by atoms with van der Waals surface area (Å²) < 4.78 is 0. The van der Waals surface area contributed by atoms with Crippen molar-refractivity contribution in [3.05, 3.63) is 0 Å². The predicted octanol–water partition coefficient (Wildman–Crippen LogP) is 2.57. The number of hydrogen-bond acceptors (Lipinski definition) is 2. The summed E-state index contributed by atoms with van der Waals surface area (Å²) in [7, 11) is 0. The average Bonchev–Trinajstić information content (AvgIpc) is 1.98. The Morgan fingerprint density at radius 1 is 1.60 bits per heavy atom. The van der Waals surface area contributed by atoms with E-state index >= 15 is 0 Å². The zero-order valence-electron chi connectivity index (χ0n) is 6.72. The average molecular weight is 208 g/mol. The Labute approximate surface area is 70.8 Å². The molecule has 0 heterocycles. The van der Waals surface area contributed by atoms with E-state index in [0.29, 0.717) is 11.4 Å². The highest BCUT2D eigenvalue weighted by molar-refractivity contribution is 9.10. The molecule has 2 nitrogen and oxygen atoms in total. The Hall–Kier alpha value is -0.0500. The van der Waals surface area contributed by atoms with Crippen molar-refractivity contribution in [1.82, 2.24) is 0 Å². The second kappa shape index (κ2) is 5.71. The lowest BCUT2D eigenvalue weighted by Crippen LogP contribution is -2.08. The molecule has 0 aromatic carbocycles. The van der Waals surface area contributed by atoms with E-state index in [2.05, 4.69) is 28.0 Å². The third kappa shape index (κ3) is 3.88. The van der Waals surface area contributed by atoms with Crippen molar-refractivity contribution in [3.8, 4) is 0 Å². The third-order valence-electron chi connectivity index (χ3n) is 1.15. The van der Waals surface area contributed by atoms with E-state index < -0.39 is 0 Å². The molecule has 1 unspecified atom stereocenters. The molecule has 0 amide bonds. The smallest absolute Gasteiger partial charge is 0.114 e. The number of hydrogen-bond donors (Lipinski definition) is 0. The molecule has 0 N–H and O–H groups in total. The molecule has 0 fully saturated rings. The summed E-state index contributed by atoms with van der Waals surface area (Å²) in [5, 5.41) is 3.88. The molecular formula is C7H14BrNO. The minimum absolute atomic E-state index is 0.360. The number of alkyl halides is 1. The summed E-state index contributed by atoms with van der Waals surface area (Å²) in [4.78, 5) is 5.24. The maximum atomic E-state index is 4.88. The number of nitrogens with zero attached hydrogens (tertiary/aromatic N) is 1. The van der Waals surface area contributed by atoms with Gasteiger partial charge in [-0.1, -0.05) is 28.0 Å². The van der Waals surface area contributed by atoms with Gasteiger partial charge in [0.1, 0.15) is 6.61 Å². The topological polar surface area (TPSA) is 21.6 Å². The maximum Gasteiger partial charge on any atom is 0.114 e. The Morgan fingerprint density at radius 2 is 2.20 bits per heavy atom. The van der Waals surface area contributed by atoms with Crippen LogP contribution in [0.5, 0.6) is 0 Å². The first-order chi connectivity index (χ1) is 4.72. The van der Waals surface area contributed by atoms with Gasteiger partial charge in [-0.2, -0.15) is 0 Å². The first kappa shape index (κ1) is 9.95. The minimum atomic E-state index is 0.360. The normalized spacial score (nSPS) is 15.0. The first-order valence-electron chi connectivity index (χ1n) is 3.52. The van der Waals surface area contributed by atoms with Crippen molar-refractivity contribution in [1.29, 1.82) is 0 Å². The summed E-state index contributed by atoms with van der Waals surface area (Å²) >= 11 is 3.46. The molecule has 0 aliphatic carbocycles. The van der Waals surface area contributed by atoms with Crippen LogP contribution in [0.2, 0.25) is 0 Å². The van der Waals surface area contributed by atoms with E-state index in [-0.39, 0.29) is 0 Å². The lowest BCUT2D eigenvalue weighted by atomic mass is 10.2. The van der Waals surface area contributed by atoms with Gasteiger partial charge in [0.15, 0.2) is 0 Å². The van der Waals surface area contributed by atoms with Crippen molar-refractivity contribution in [3.63, 3.8) is 0 Å². The highest BCUT2D eigenvalue weighted by Crippen LogP contribution is 2.06. The SMILES string of the molecule is CCO/N=C(\C)C(Br)CC. The molecule has 60 valence electrons. The van der Waals surface area contributed by atoms with Crippen molar-refractivity contribution >= 4 is 21.6 Å². The lowest BCUT2D eigenvalue weighted by molar-refractivity contribution is 0.158. The Balaban J connectivity index is 3.67. The molecule has 1 atom stereocenters. The molecule has 0 bridgehead atoms. The molecule has 0 aromatic heterocycles. The van der Waals surface area contributed by atoms with Gasteiger partial charge in [0, 0.05) is 0 Å². The van der Waals surface area contributed by atoms with Crippen LogP contribution >= 0.6 is 15.9 Å². The van der Waals surface area contributed by atoms with E-state index in [0.717, 1.165) is 12.1 Å². The largest absolute Gasteiger partial charge is 0.396 e. The van der Waals surface area contributed by atoms with Gasteiger partial charge in [0.2, 0.25) is 0 Å². The van der Waals surface area contributed by atoms with Crippen LogP contribution in [-0.4, -0.2) is 17.1 Å².